The van der Waals surface area contributed by atoms with Crippen molar-refractivity contribution < 1.29 is 9.90 Å². The zero-order valence-corrected chi connectivity index (χ0v) is 15.5. The molecule has 1 heterocycles. The van der Waals surface area contributed by atoms with E-state index in [1.165, 1.54) is 5.56 Å². The summed E-state index contributed by atoms with van der Waals surface area (Å²) in [4.78, 5) is 17.0. The van der Waals surface area contributed by atoms with Crippen LogP contribution in [-0.2, 0) is 6.54 Å². The molecule has 24 heavy (non-hydrogen) atoms. The third kappa shape index (κ3) is 4.81. The van der Waals surface area contributed by atoms with Crippen LogP contribution in [0.4, 0.5) is 0 Å². The number of carbonyl (C=O) groups excluding carboxylic acids is 1. The Kier molecular flexibility index (Phi) is 6.81. The number of carbonyl (C=O) groups is 1. The molecule has 0 saturated carbocycles. The molecule has 1 fully saturated rings. The van der Waals surface area contributed by atoms with Crippen molar-refractivity contribution in [3.63, 3.8) is 0 Å². The van der Waals surface area contributed by atoms with E-state index in [4.69, 9.17) is 0 Å². The third-order valence-electron chi connectivity index (χ3n) is 5.15. The first-order valence-electron chi connectivity index (χ1n) is 9.22. The van der Waals surface area contributed by atoms with Gasteiger partial charge in [-0.15, -0.1) is 0 Å². The van der Waals surface area contributed by atoms with Crippen molar-refractivity contribution in [3.8, 4) is 0 Å². The Morgan fingerprint density at radius 2 is 1.96 bits per heavy atom. The zero-order chi connectivity index (χ0) is 17.7. The van der Waals surface area contributed by atoms with Crippen LogP contribution in [-0.4, -0.2) is 52.6 Å². The van der Waals surface area contributed by atoms with E-state index in [9.17, 15) is 9.90 Å². The number of hydrogen-bond donors (Lipinski definition) is 1. The highest BCUT2D eigenvalue weighted by atomic mass is 16.3. The summed E-state index contributed by atoms with van der Waals surface area (Å²) in [7, 11) is 0. The number of aliphatic hydroxyl groups is 1. The van der Waals surface area contributed by atoms with E-state index in [1.54, 1.807) is 0 Å². The Balaban J connectivity index is 2.00. The van der Waals surface area contributed by atoms with Crippen molar-refractivity contribution in [2.45, 2.75) is 59.2 Å². The predicted octanol–water partition coefficient (Wildman–Crippen LogP) is 3.15. The Morgan fingerprint density at radius 3 is 2.50 bits per heavy atom. The number of hydrogen-bond acceptors (Lipinski definition) is 3. The van der Waals surface area contributed by atoms with Gasteiger partial charge in [-0.3, -0.25) is 9.69 Å². The fraction of sp³-hybridized carbons (Fsp3) is 0.650. The maximum absolute atomic E-state index is 12.7. The minimum atomic E-state index is -0.348. The number of benzene rings is 1. The third-order valence-corrected chi connectivity index (χ3v) is 5.15. The zero-order valence-electron chi connectivity index (χ0n) is 15.5. The molecule has 134 valence electrons. The van der Waals surface area contributed by atoms with Crippen LogP contribution in [0.5, 0.6) is 0 Å². The van der Waals surface area contributed by atoms with Crippen LogP contribution < -0.4 is 0 Å². The first-order valence-corrected chi connectivity index (χ1v) is 9.22. The van der Waals surface area contributed by atoms with E-state index >= 15 is 0 Å². The number of rotatable bonds is 6. The van der Waals surface area contributed by atoms with Crippen molar-refractivity contribution >= 4 is 5.91 Å². The van der Waals surface area contributed by atoms with Crippen LogP contribution in [0.3, 0.4) is 0 Å². The molecule has 0 aromatic heterocycles. The van der Waals surface area contributed by atoms with Gasteiger partial charge in [-0.2, -0.15) is 0 Å². The largest absolute Gasteiger partial charge is 0.393 e. The fourth-order valence-electron chi connectivity index (χ4n) is 3.42. The van der Waals surface area contributed by atoms with E-state index in [1.807, 2.05) is 24.0 Å². The maximum atomic E-state index is 12.7. The molecular formula is C20H32N2O2. The molecule has 1 amide bonds. The monoisotopic (exact) mass is 332 g/mol. The van der Waals surface area contributed by atoms with Crippen molar-refractivity contribution in [1.29, 1.82) is 0 Å². The van der Waals surface area contributed by atoms with Gasteiger partial charge in [0.1, 0.15) is 0 Å². The molecule has 4 nitrogen and oxygen atoms in total. The van der Waals surface area contributed by atoms with Crippen molar-refractivity contribution in [1.82, 2.24) is 9.80 Å². The molecule has 0 bridgehead atoms. The molecule has 0 spiro atoms. The van der Waals surface area contributed by atoms with Crippen LogP contribution in [0, 0.1) is 5.92 Å². The van der Waals surface area contributed by atoms with Gasteiger partial charge < -0.3 is 10.0 Å². The Morgan fingerprint density at radius 1 is 1.29 bits per heavy atom. The van der Waals surface area contributed by atoms with Crippen molar-refractivity contribution in [2.75, 3.05) is 19.6 Å². The molecule has 2 atom stereocenters. The Labute approximate surface area is 146 Å². The molecule has 2 rings (SSSR count). The lowest BCUT2D eigenvalue weighted by molar-refractivity contribution is 0.0466. The number of likely N-dealkylation sites (tertiary alicyclic amines) is 1. The van der Waals surface area contributed by atoms with Gasteiger partial charge in [-0.05, 0) is 57.9 Å². The van der Waals surface area contributed by atoms with E-state index < -0.39 is 0 Å². The Hall–Kier alpha value is -1.39. The number of piperidine rings is 1. The van der Waals surface area contributed by atoms with Crippen LogP contribution in [0.25, 0.3) is 0 Å². The summed E-state index contributed by atoms with van der Waals surface area (Å²) in [5.74, 6) is 0.286. The highest BCUT2D eigenvalue weighted by molar-refractivity contribution is 5.94. The van der Waals surface area contributed by atoms with Gasteiger partial charge in [0, 0.05) is 37.2 Å². The topological polar surface area (TPSA) is 43.8 Å². The standard InChI is InChI=1S/C20H32N2O2/c1-5-21(15(2)3)13-17-8-10-18(11-9-17)20(24)22-12-6-7-19(14-22)16(4)23/h8-11,15-16,19,23H,5-7,12-14H2,1-4H3. The summed E-state index contributed by atoms with van der Waals surface area (Å²) >= 11 is 0. The second-order valence-electron chi connectivity index (χ2n) is 7.25. The van der Waals surface area contributed by atoms with E-state index in [2.05, 4.69) is 37.8 Å². The van der Waals surface area contributed by atoms with E-state index in [0.29, 0.717) is 12.6 Å². The summed E-state index contributed by atoms with van der Waals surface area (Å²) in [6, 6.07) is 8.53. The van der Waals surface area contributed by atoms with Crippen LogP contribution in [0.15, 0.2) is 24.3 Å². The number of nitrogens with zero attached hydrogens (tertiary/aromatic N) is 2. The molecule has 2 unspecified atom stereocenters. The van der Waals surface area contributed by atoms with Crippen LogP contribution in [0.2, 0.25) is 0 Å². The highest BCUT2D eigenvalue weighted by Crippen LogP contribution is 2.21. The van der Waals surface area contributed by atoms with Gasteiger partial charge in [0.2, 0.25) is 0 Å². The van der Waals surface area contributed by atoms with Crippen molar-refractivity contribution in [3.05, 3.63) is 35.4 Å². The first-order chi connectivity index (χ1) is 11.4. The smallest absolute Gasteiger partial charge is 0.253 e. The van der Waals surface area contributed by atoms with E-state index in [-0.39, 0.29) is 17.9 Å². The normalized spacial score (nSPS) is 19.8. The number of amides is 1. The predicted molar refractivity (Wildman–Crippen MR) is 98.0 cm³/mol. The second-order valence-corrected chi connectivity index (χ2v) is 7.25. The minimum absolute atomic E-state index is 0.0862. The molecule has 1 aromatic rings. The molecule has 1 N–H and O–H groups in total. The lowest BCUT2D eigenvalue weighted by Crippen LogP contribution is -2.42. The lowest BCUT2D eigenvalue weighted by atomic mass is 9.93. The maximum Gasteiger partial charge on any atom is 0.253 e. The van der Waals surface area contributed by atoms with Gasteiger partial charge in [0.05, 0.1) is 6.10 Å². The molecule has 4 heteroatoms. The molecule has 1 aliphatic rings. The first kappa shape index (κ1) is 18.9. The Bertz CT molecular complexity index is 525. The van der Waals surface area contributed by atoms with Crippen LogP contribution in [0.1, 0.15) is 56.5 Å². The van der Waals surface area contributed by atoms with Gasteiger partial charge in [-0.1, -0.05) is 19.1 Å². The molecular weight excluding hydrogens is 300 g/mol. The number of aliphatic hydroxyl groups excluding tert-OH is 1. The lowest BCUT2D eigenvalue weighted by Gasteiger charge is -2.34. The molecule has 1 aliphatic heterocycles. The summed E-state index contributed by atoms with van der Waals surface area (Å²) < 4.78 is 0. The van der Waals surface area contributed by atoms with Crippen molar-refractivity contribution in [2.24, 2.45) is 5.92 Å². The van der Waals surface area contributed by atoms with Crippen LogP contribution >= 0.6 is 0 Å². The summed E-state index contributed by atoms with van der Waals surface area (Å²) in [5, 5.41) is 9.79. The summed E-state index contributed by atoms with van der Waals surface area (Å²) in [6.07, 6.45) is 1.63. The van der Waals surface area contributed by atoms with E-state index in [0.717, 1.165) is 38.0 Å². The minimum Gasteiger partial charge on any atom is -0.393 e. The van der Waals surface area contributed by atoms with Gasteiger partial charge in [0.25, 0.3) is 5.91 Å². The average molecular weight is 332 g/mol. The summed E-state index contributed by atoms with van der Waals surface area (Å²) in [5.41, 5.74) is 1.99. The SMILES string of the molecule is CCN(Cc1ccc(C(=O)N2CCCC(C(C)O)C2)cc1)C(C)C. The van der Waals surface area contributed by atoms with Gasteiger partial charge in [-0.25, -0.2) is 0 Å². The second kappa shape index (κ2) is 8.63. The summed E-state index contributed by atoms with van der Waals surface area (Å²) in [6.45, 7) is 11.8. The van der Waals surface area contributed by atoms with Gasteiger partial charge in [0.15, 0.2) is 0 Å². The fourth-order valence-corrected chi connectivity index (χ4v) is 3.42. The highest BCUT2D eigenvalue weighted by Gasteiger charge is 2.27. The average Bonchev–Trinajstić information content (AvgIpc) is 2.59. The quantitative estimate of drug-likeness (QED) is 0.870. The molecule has 1 saturated heterocycles. The molecule has 0 aliphatic carbocycles. The molecule has 0 radical (unpaired) electrons. The van der Waals surface area contributed by atoms with Gasteiger partial charge >= 0.3 is 0 Å². The molecule has 1 aromatic carbocycles.